The maximum absolute atomic E-state index is 4.31. The molecule has 0 aliphatic carbocycles. The molecule has 3 heterocycles. The third kappa shape index (κ3) is 1.35. The highest BCUT2D eigenvalue weighted by Crippen LogP contribution is 2.24. The van der Waals surface area contributed by atoms with Crippen LogP contribution < -0.4 is 5.32 Å². The molecule has 3 nitrogen and oxygen atoms in total. The molecular formula is C12H15N3. The van der Waals surface area contributed by atoms with Crippen molar-refractivity contribution in [2.45, 2.75) is 19.3 Å². The summed E-state index contributed by atoms with van der Waals surface area (Å²) in [4.78, 5) is 4.31. The largest absolute Gasteiger partial charge is 0.317 e. The van der Waals surface area contributed by atoms with Crippen molar-refractivity contribution in [1.82, 2.24) is 14.7 Å². The second kappa shape index (κ2) is 3.35. The second-order valence-corrected chi connectivity index (χ2v) is 4.22. The molecule has 1 N–H and O–H groups in total. The fraction of sp³-hybridized carbons (Fsp3) is 0.417. The van der Waals surface area contributed by atoms with Crippen molar-refractivity contribution in [1.29, 1.82) is 0 Å². The first kappa shape index (κ1) is 8.92. The SMILES string of the molecule is Cc1nccn2c(C3CCNC3)ccc12. The predicted molar refractivity (Wildman–Crippen MR) is 60.2 cm³/mol. The molecular weight excluding hydrogens is 186 g/mol. The summed E-state index contributed by atoms with van der Waals surface area (Å²) in [6.45, 7) is 4.31. The van der Waals surface area contributed by atoms with Crippen LogP contribution in [-0.4, -0.2) is 22.5 Å². The van der Waals surface area contributed by atoms with Crippen molar-refractivity contribution in [3.63, 3.8) is 0 Å². The zero-order chi connectivity index (χ0) is 10.3. The quantitative estimate of drug-likeness (QED) is 0.761. The standard InChI is InChI=1S/C12H15N3/c1-9-11-2-3-12(10-4-5-13-8-10)15(11)7-6-14-9/h2-3,6-7,10,13H,4-5,8H2,1H3. The van der Waals surface area contributed by atoms with Crippen molar-refractivity contribution in [3.8, 4) is 0 Å². The minimum atomic E-state index is 0.661. The van der Waals surface area contributed by atoms with Crippen molar-refractivity contribution in [2.24, 2.45) is 0 Å². The van der Waals surface area contributed by atoms with Crippen molar-refractivity contribution < 1.29 is 0 Å². The average molecular weight is 201 g/mol. The summed E-state index contributed by atoms with van der Waals surface area (Å²) < 4.78 is 2.28. The van der Waals surface area contributed by atoms with Gasteiger partial charge >= 0.3 is 0 Å². The maximum Gasteiger partial charge on any atom is 0.0666 e. The number of nitrogens with zero attached hydrogens (tertiary/aromatic N) is 2. The molecule has 1 saturated heterocycles. The molecule has 0 spiro atoms. The molecule has 0 radical (unpaired) electrons. The third-order valence-corrected chi connectivity index (χ3v) is 3.28. The molecule has 3 rings (SSSR count). The number of hydrogen-bond acceptors (Lipinski definition) is 2. The molecule has 1 fully saturated rings. The Morgan fingerprint density at radius 2 is 2.40 bits per heavy atom. The van der Waals surface area contributed by atoms with E-state index in [1.54, 1.807) is 0 Å². The van der Waals surface area contributed by atoms with E-state index in [2.05, 4.69) is 40.0 Å². The zero-order valence-electron chi connectivity index (χ0n) is 8.90. The van der Waals surface area contributed by atoms with Gasteiger partial charge in [-0.1, -0.05) is 0 Å². The first-order valence-corrected chi connectivity index (χ1v) is 5.49. The Balaban J connectivity index is 2.15. The monoisotopic (exact) mass is 201 g/mol. The van der Waals surface area contributed by atoms with Crippen molar-refractivity contribution in [3.05, 3.63) is 35.9 Å². The Morgan fingerprint density at radius 3 is 3.20 bits per heavy atom. The highest BCUT2D eigenvalue weighted by Gasteiger charge is 2.19. The van der Waals surface area contributed by atoms with Gasteiger partial charge in [0.15, 0.2) is 0 Å². The van der Waals surface area contributed by atoms with Gasteiger partial charge in [-0.15, -0.1) is 0 Å². The van der Waals surface area contributed by atoms with Gasteiger partial charge in [0.25, 0.3) is 0 Å². The number of fused-ring (bicyclic) bond motifs is 1. The van der Waals surface area contributed by atoms with Gasteiger partial charge in [-0.3, -0.25) is 4.98 Å². The first-order chi connectivity index (χ1) is 7.36. The molecule has 0 amide bonds. The Morgan fingerprint density at radius 1 is 1.47 bits per heavy atom. The van der Waals surface area contributed by atoms with Crippen LogP contribution in [0.25, 0.3) is 5.52 Å². The van der Waals surface area contributed by atoms with Crippen LogP contribution in [-0.2, 0) is 0 Å². The summed E-state index contributed by atoms with van der Waals surface area (Å²) in [6.07, 6.45) is 5.19. The number of rotatable bonds is 1. The summed E-state index contributed by atoms with van der Waals surface area (Å²) in [7, 11) is 0. The van der Waals surface area contributed by atoms with Crippen LogP contribution in [0.2, 0.25) is 0 Å². The molecule has 2 aromatic heterocycles. The van der Waals surface area contributed by atoms with Crippen LogP contribution in [0.15, 0.2) is 24.5 Å². The molecule has 78 valence electrons. The third-order valence-electron chi connectivity index (χ3n) is 3.28. The Bertz CT molecular complexity index is 481. The number of aromatic nitrogens is 2. The van der Waals surface area contributed by atoms with Gasteiger partial charge in [0.1, 0.15) is 0 Å². The number of aryl methyl sites for hydroxylation is 1. The normalized spacial score (nSPS) is 21.3. The number of hydrogen-bond donors (Lipinski definition) is 1. The topological polar surface area (TPSA) is 29.3 Å². The fourth-order valence-corrected chi connectivity index (χ4v) is 2.44. The molecule has 2 aromatic rings. The van der Waals surface area contributed by atoms with Crippen LogP contribution in [0.5, 0.6) is 0 Å². The molecule has 0 aromatic carbocycles. The average Bonchev–Trinajstić information content (AvgIpc) is 2.85. The van der Waals surface area contributed by atoms with Crippen LogP contribution in [0.4, 0.5) is 0 Å². The Labute approximate surface area is 89.1 Å². The minimum absolute atomic E-state index is 0.661. The van der Waals surface area contributed by atoms with Crippen molar-refractivity contribution in [2.75, 3.05) is 13.1 Å². The summed E-state index contributed by atoms with van der Waals surface area (Å²) in [5.74, 6) is 0.661. The van der Waals surface area contributed by atoms with Gasteiger partial charge in [0.2, 0.25) is 0 Å². The Kier molecular flexibility index (Phi) is 1.99. The summed E-state index contributed by atoms with van der Waals surface area (Å²) in [6, 6.07) is 4.41. The molecule has 1 aliphatic rings. The lowest BCUT2D eigenvalue weighted by Gasteiger charge is -2.09. The zero-order valence-corrected chi connectivity index (χ0v) is 8.90. The lowest BCUT2D eigenvalue weighted by molar-refractivity contribution is 0.725. The summed E-state index contributed by atoms with van der Waals surface area (Å²) in [5, 5.41) is 3.41. The lowest BCUT2D eigenvalue weighted by atomic mass is 10.1. The van der Waals surface area contributed by atoms with E-state index < -0.39 is 0 Å². The van der Waals surface area contributed by atoms with E-state index >= 15 is 0 Å². The smallest absolute Gasteiger partial charge is 0.0666 e. The van der Waals surface area contributed by atoms with Crippen LogP contribution in [0.3, 0.4) is 0 Å². The Hall–Kier alpha value is -1.35. The van der Waals surface area contributed by atoms with E-state index in [0.717, 1.165) is 18.8 Å². The van der Waals surface area contributed by atoms with Gasteiger partial charge in [0, 0.05) is 30.6 Å². The van der Waals surface area contributed by atoms with Gasteiger partial charge < -0.3 is 9.72 Å². The van der Waals surface area contributed by atoms with Gasteiger partial charge in [-0.25, -0.2) is 0 Å². The number of nitrogens with one attached hydrogen (secondary N) is 1. The van der Waals surface area contributed by atoms with Crippen LogP contribution in [0.1, 0.15) is 23.7 Å². The molecule has 3 heteroatoms. The van der Waals surface area contributed by atoms with E-state index in [0.29, 0.717) is 5.92 Å². The van der Waals surface area contributed by atoms with Gasteiger partial charge in [-0.05, 0) is 32.0 Å². The van der Waals surface area contributed by atoms with E-state index in [9.17, 15) is 0 Å². The van der Waals surface area contributed by atoms with E-state index in [1.807, 2.05) is 6.20 Å². The van der Waals surface area contributed by atoms with E-state index in [4.69, 9.17) is 0 Å². The molecule has 1 atom stereocenters. The van der Waals surface area contributed by atoms with Gasteiger partial charge in [0.05, 0.1) is 11.2 Å². The highest BCUT2D eigenvalue weighted by atomic mass is 15.0. The molecule has 1 aliphatic heterocycles. The summed E-state index contributed by atoms with van der Waals surface area (Å²) in [5.41, 5.74) is 3.76. The molecule has 0 saturated carbocycles. The van der Waals surface area contributed by atoms with Crippen LogP contribution >= 0.6 is 0 Å². The predicted octanol–water partition coefficient (Wildman–Crippen LogP) is 1.72. The molecule has 15 heavy (non-hydrogen) atoms. The first-order valence-electron chi connectivity index (χ1n) is 5.49. The maximum atomic E-state index is 4.31. The highest BCUT2D eigenvalue weighted by molar-refractivity contribution is 5.53. The van der Waals surface area contributed by atoms with E-state index in [-0.39, 0.29) is 0 Å². The molecule has 0 bridgehead atoms. The minimum Gasteiger partial charge on any atom is -0.317 e. The summed E-state index contributed by atoms with van der Waals surface area (Å²) >= 11 is 0. The van der Waals surface area contributed by atoms with Crippen LogP contribution in [0, 0.1) is 6.92 Å². The lowest BCUT2D eigenvalue weighted by Crippen LogP contribution is -2.09. The molecule has 1 unspecified atom stereocenters. The van der Waals surface area contributed by atoms with E-state index in [1.165, 1.54) is 17.6 Å². The van der Waals surface area contributed by atoms with Gasteiger partial charge in [-0.2, -0.15) is 0 Å². The van der Waals surface area contributed by atoms with Crippen molar-refractivity contribution >= 4 is 5.52 Å². The second-order valence-electron chi connectivity index (χ2n) is 4.22. The fourth-order valence-electron chi connectivity index (χ4n) is 2.44.